The second-order valence-corrected chi connectivity index (χ2v) is 11.0. The fourth-order valence-corrected chi connectivity index (χ4v) is 7.12. The lowest BCUT2D eigenvalue weighted by Gasteiger charge is -2.55. The fourth-order valence-electron chi connectivity index (χ4n) is 7.12. The van der Waals surface area contributed by atoms with Crippen LogP contribution < -0.4 is 0 Å². The highest BCUT2D eigenvalue weighted by atomic mass is 16.5. The molecule has 0 radical (unpaired) electrons. The van der Waals surface area contributed by atoms with Crippen LogP contribution >= 0.6 is 0 Å². The summed E-state index contributed by atoms with van der Waals surface area (Å²) in [5, 5.41) is 10.6. The van der Waals surface area contributed by atoms with E-state index in [-0.39, 0.29) is 30.0 Å². The molecule has 5 fully saturated rings. The van der Waals surface area contributed by atoms with Gasteiger partial charge < -0.3 is 19.6 Å². The number of nitrogens with zero attached hydrogens (tertiary/aromatic N) is 2. The minimum atomic E-state index is -0.572. The van der Waals surface area contributed by atoms with Gasteiger partial charge in [-0.2, -0.15) is 0 Å². The predicted octanol–water partition coefficient (Wildman–Crippen LogP) is 2.58. The van der Waals surface area contributed by atoms with E-state index in [1.165, 1.54) is 12.8 Å². The van der Waals surface area contributed by atoms with Gasteiger partial charge in [0.05, 0.1) is 25.3 Å². The van der Waals surface area contributed by atoms with E-state index in [1.54, 1.807) is 6.92 Å². The lowest BCUT2D eigenvalue weighted by atomic mass is 9.65. The first-order valence-electron chi connectivity index (χ1n) is 12.3. The Hall–Kier alpha value is -1.14. The SMILES string of the molecule is CC(=O)N1C2CCC(C3CCC(C4(O)COC4)CC3)CC2N(C(=O)C2CC2)C[C@@H]1C. The lowest BCUT2D eigenvalue weighted by Crippen LogP contribution is -2.67. The van der Waals surface area contributed by atoms with Crippen molar-refractivity contribution in [2.24, 2.45) is 23.7 Å². The molecule has 6 nitrogen and oxygen atoms in total. The minimum absolute atomic E-state index is 0.115. The first-order chi connectivity index (χ1) is 14.4. The Balaban J connectivity index is 1.27. The van der Waals surface area contributed by atoms with Crippen LogP contribution in [0.4, 0.5) is 0 Å². The zero-order valence-electron chi connectivity index (χ0n) is 18.6. The van der Waals surface area contributed by atoms with Crippen LogP contribution in [-0.2, 0) is 14.3 Å². The molecule has 0 aromatic carbocycles. The number of piperazine rings is 1. The number of fused-ring (bicyclic) bond motifs is 1. The highest BCUT2D eigenvalue weighted by Gasteiger charge is 2.50. The predicted molar refractivity (Wildman–Crippen MR) is 113 cm³/mol. The zero-order chi connectivity index (χ0) is 21.0. The number of hydrogen-bond donors (Lipinski definition) is 1. The van der Waals surface area contributed by atoms with Gasteiger partial charge in [0.25, 0.3) is 0 Å². The van der Waals surface area contributed by atoms with Gasteiger partial charge in [0, 0.05) is 25.4 Å². The molecule has 5 aliphatic rings. The maximum Gasteiger partial charge on any atom is 0.226 e. The van der Waals surface area contributed by atoms with Crippen molar-refractivity contribution in [3.8, 4) is 0 Å². The molecule has 2 amide bonds. The lowest BCUT2D eigenvalue weighted by molar-refractivity contribution is -0.214. The molecule has 3 unspecified atom stereocenters. The van der Waals surface area contributed by atoms with Crippen molar-refractivity contribution in [1.82, 2.24) is 9.80 Å². The average molecular weight is 419 g/mol. The summed E-state index contributed by atoms with van der Waals surface area (Å²) < 4.78 is 5.27. The summed E-state index contributed by atoms with van der Waals surface area (Å²) in [5.41, 5.74) is -0.572. The topological polar surface area (TPSA) is 70.1 Å². The third kappa shape index (κ3) is 3.58. The number of carbonyl (C=O) groups is 2. The third-order valence-corrected chi connectivity index (χ3v) is 8.99. The summed E-state index contributed by atoms with van der Waals surface area (Å²) >= 11 is 0. The van der Waals surface area contributed by atoms with E-state index >= 15 is 0 Å². The summed E-state index contributed by atoms with van der Waals surface area (Å²) in [7, 11) is 0. The highest BCUT2D eigenvalue weighted by Crippen LogP contribution is 2.47. The van der Waals surface area contributed by atoms with Crippen molar-refractivity contribution in [3.05, 3.63) is 0 Å². The van der Waals surface area contributed by atoms with E-state index in [1.807, 2.05) is 0 Å². The van der Waals surface area contributed by atoms with Gasteiger partial charge >= 0.3 is 0 Å². The summed E-state index contributed by atoms with van der Waals surface area (Å²) in [4.78, 5) is 29.8. The second-order valence-electron chi connectivity index (χ2n) is 11.0. The summed E-state index contributed by atoms with van der Waals surface area (Å²) in [5.74, 6) is 2.45. The summed E-state index contributed by atoms with van der Waals surface area (Å²) in [6, 6.07) is 0.497. The largest absolute Gasteiger partial charge is 0.385 e. The monoisotopic (exact) mass is 418 g/mol. The second kappa shape index (κ2) is 7.77. The number of aliphatic hydroxyl groups is 1. The molecular formula is C24H38N2O4. The van der Waals surface area contributed by atoms with Gasteiger partial charge in [-0.1, -0.05) is 0 Å². The Kier molecular flexibility index (Phi) is 5.37. The van der Waals surface area contributed by atoms with Crippen molar-refractivity contribution in [2.75, 3.05) is 19.8 Å². The van der Waals surface area contributed by atoms with Crippen LogP contribution in [0, 0.1) is 23.7 Å². The standard InChI is InChI=1S/C24H38N2O4/c1-15-12-25(23(28)18-3-4-18)22-11-19(7-10-21(22)26(15)16(2)27)17-5-8-20(9-6-17)24(29)13-30-14-24/h15,17-22,29H,3-14H2,1-2H3/t15-,17?,19?,20?,21?,22?/m0/s1. The van der Waals surface area contributed by atoms with Crippen LogP contribution in [0.5, 0.6) is 0 Å². The molecule has 0 spiro atoms. The molecule has 3 aliphatic carbocycles. The molecule has 2 heterocycles. The Morgan fingerprint density at radius 3 is 2.17 bits per heavy atom. The molecule has 6 heteroatoms. The number of hydrogen-bond acceptors (Lipinski definition) is 4. The molecule has 0 bridgehead atoms. The van der Waals surface area contributed by atoms with E-state index in [0.29, 0.717) is 43.4 Å². The van der Waals surface area contributed by atoms with Crippen molar-refractivity contribution in [1.29, 1.82) is 0 Å². The van der Waals surface area contributed by atoms with E-state index in [2.05, 4.69) is 16.7 Å². The quantitative estimate of drug-likeness (QED) is 0.765. The maximum absolute atomic E-state index is 13.1. The normalized spacial score (nSPS) is 41.0. The van der Waals surface area contributed by atoms with Gasteiger partial charge in [0.2, 0.25) is 11.8 Å². The highest BCUT2D eigenvalue weighted by molar-refractivity contribution is 5.82. The van der Waals surface area contributed by atoms with Crippen LogP contribution in [0.3, 0.4) is 0 Å². The van der Waals surface area contributed by atoms with Crippen LogP contribution in [0.25, 0.3) is 0 Å². The first-order valence-corrected chi connectivity index (χ1v) is 12.3. The van der Waals surface area contributed by atoms with Gasteiger partial charge in [-0.3, -0.25) is 9.59 Å². The van der Waals surface area contributed by atoms with E-state index in [9.17, 15) is 14.7 Å². The van der Waals surface area contributed by atoms with Gasteiger partial charge in [-0.15, -0.1) is 0 Å². The Morgan fingerprint density at radius 1 is 0.933 bits per heavy atom. The molecule has 3 saturated carbocycles. The van der Waals surface area contributed by atoms with Crippen molar-refractivity contribution in [3.63, 3.8) is 0 Å². The molecule has 2 saturated heterocycles. The Labute approximate surface area is 180 Å². The molecule has 0 aromatic rings. The molecule has 1 N–H and O–H groups in total. The number of rotatable bonds is 3. The van der Waals surface area contributed by atoms with Gasteiger partial charge in [-0.25, -0.2) is 0 Å². The minimum Gasteiger partial charge on any atom is -0.385 e. The molecule has 0 aromatic heterocycles. The van der Waals surface area contributed by atoms with Crippen LogP contribution in [0.2, 0.25) is 0 Å². The van der Waals surface area contributed by atoms with Gasteiger partial charge in [0.1, 0.15) is 5.60 Å². The maximum atomic E-state index is 13.1. The Morgan fingerprint density at radius 2 is 1.60 bits per heavy atom. The van der Waals surface area contributed by atoms with Gasteiger partial charge in [-0.05, 0) is 82.5 Å². The zero-order valence-corrected chi connectivity index (χ0v) is 18.6. The third-order valence-electron chi connectivity index (χ3n) is 8.99. The Bertz CT molecular complexity index is 681. The van der Waals surface area contributed by atoms with Crippen molar-refractivity contribution >= 4 is 11.8 Å². The van der Waals surface area contributed by atoms with Crippen molar-refractivity contribution in [2.45, 2.75) is 95.4 Å². The fraction of sp³-hybridized carbons (Fsp3) is 0.917. The molecule has 168 valence electrons. The first kappa shape index (κ1) is 20.7. The summed E-state index contributed by atoms with van der Waals surface area (Å²) in [6.07, 6.45) is 9.85. The molecule has 5 rings (SSSR count). The number of ether oxygens (including phenoxy) is 1. The summed E-state index contributed by atoms with van der Waals surface area (Å²) in [6.45, 7) is 5.50. The van der Waals surface area contributed by atoms with Crippen LogP contribution in [0.1, 0.15) is 71.6 Å². The molecule has 2 aliphatic heterocycles. The number of carbonyl (C=O) groups excluding carboxylic acids is 2. The molecular weight excluding hydrogens is 380 g/mol. The van der Waals surface area contributed by atoms with Crippen LogP contribution in [0.15, 0.2) is 0 Å². The van der Waals surface area contributed by atoms with Crippen LogP contribution in [-0.4, -0.2) is 70.2 Å². The van der Waals surface area contributed by atoms with E-state index < -0.39 is 5.60 Å². The average Bonchev–Trinajstić information content (AvgIpc) is 3.56. The molecule has 30 heavy (non-hydrogen) atoms. The smallest absolute Gasteiger partial charge is 0.226 e. The van der Waals surface area contributed by atoms with Gasteiger partial charge in [0.15, 0.2) is 0 Å². The number of amides is 2. The van der Waals surface area contributed by atoms with E-state index in [4.69, 9.17) is 4.74 Å². The van der Waals surface area contributed by atoms with E-state index in [0.717, 1.165) is 44.9 Å². The molecule has 4 atom stereocenters. The van der Waals surface area contributed by atoms with Crippen molar-refractivity contribution < 1.29 is 19.4 Å².